The lowest BCUT2D eigenvalue weighted by Gasteiger charge is -2.52. The predicted octanol–water partition coefficient (Wildman–Crippen LogP) is -2.18. The quantitative estimate of drug-likeness (QED) is 0.0913. The summed E-state index contributed by atoms with van der Waals surface area (Å²) in [5.74, 6) is 0. The van der Waals surface area contributed by atoms with Crippen LogP contribution in [0.5, 0.6) is 0 Å². The van der Waals surface area contributed by atoms with Crippen molar-refractivity contribution in [2.24, 2.45) is 5.73 Å². The van der Waals surface area contributed by atoms with Gasteiger partial charge in [-0.2, -0.15) is 0 Å². The van der Waals surface area contributed by atoms with E-state index in [-0.39, 0.29) is 46.2 Å². The Kier molecular flexibility index (Phi) is 33.2. The number of methoxy groups -OCH3 is 20. The maximum atomic E-state index is 7.02. The van der Waals surface area contributed by atoms with Crippen LogP contribution in [-0.4, -0.2) is 403 Å². The molecular formula is C62H111NO34. The zero-order valence-corrected chi connectivity index (χ0v) is 59.6. The van der Waals surface area contributed by atoms with Gasteiger partial charge in [0.1, 0.15) is 171 Å². The molecule has 0 aromatic heterocycles. The van der Waals surface area contributed by atoms with Crippen molar-refractivity contribution in [2.75, 3.05) is 188 Å². The van der Waals surface area contributed by atoms with Crippen LogP contribution in [0.15, 0.2) is 0 Å². The maximum Gasteiger partial charge on any atom is 0.187 e. The van der Waals surface area contributed by atoms with Crippen LogP contribution in [-0.2, 0) is 161 Å². The monoisotopic (exact) mass is 1410 g/mol. The minimum Gasteiger partial charge on any atom is -0.382 e. The summed E-state index contributed by atoms with van der Waals surface area (Å²) in [5, 5.41) is 0. The van der Waals surface area contributed by atoms with Crippen molar-refractivity contribution in [3.05, 3.63) is 0 Å². The minimum atomic E-state index is -1.22. The Hall–Kier alpha value is -1.40. The fourth-order valence-corrected chi connectivity index (χ4v) is 14.7. The Morgan fingerprint density at radius 2 is 0.299 bits per heavy atom. The molecule has 35 nitrogen and oxygen atoms in total. The highest BCUT2D eigenvalue weighted by Gasteiger charge is 2.62. The van der Waals surface area contributed by atoms with Crippen molar-refractivity contribution in [1.82, 2.24) is 0 Å². The second kappa shape index (κ2) is 39.6. The van der Waals surface area contributed by atoms with Crippen LogP contribution in [0.25, 0.3) is 0 Å². The smallest absolute Gasteiger partial charge is 0.187 e. The second-order valence-electron chi connectivity index (χ2n) is 24.3. The molecule has 0 spiro atoms. The highest BCUT2D eigenvalue weighted by atomic mass is 16.8. The lowest BCUT2D eigenvalue weighted by Crippen LogP contribution is -2.69. The lowest BCUT2D eigenvalue weighted by atomic mass is 9.94. The van der Waals surface area contributed by atoms with Gasteiger partial charge in [0.2, 0.25) is 0 Å². The van der Waals surface area contributed by atoms with Gasteiger partial charge in [-0.25, -0.2) is 0 Å². The van der Waals surface area contributed by atoms with Gasteiger partial charge in [-0.3, -0.25) is 0 Å². The molecule has 0 aromatic rings. The van der Waals surface area contributed by atoms with Gasteiger partial charge >= 0.3 is 0 Å². The van der Waals surface area contributed by atoms with Crippen LogP contribution >= 0.6 is 0 Å². The molecule has 0 radical (unpaired) electrons. The minimum absolute atomic E-state index is 0.0382. The molecule has 97 heavy (non-hydrogen) atoms. The van der Waals surface area contributed by atoms with E-state index in [1.165, 1.54) is 142 Å². The molecule has 0 amide bonds. The Morgan fingerprint density at radius 1 is 0.175 bits per heavy atom. The van der Waals surface area contributed by atoms with Gasteiger partial charge in [0, 0.05) is 149 Å². The summed E-state index contributed by atoms with van der Waals surface area (Å²) < 4.78 is 220. The average Bonchev–Trinajstić information content (AvgIpc) is 0.780. The number of nitrogens with two attached hydrogens (primary N) is 1. The second-order valence-corrected chi connectivity index (χ2v) is 24.3. The molecule has 568 valence electrons. The van der Waals surface area contributed by atoms with Crippen molar-refractivity contribution in [3.8, 4) is 0 Å². The topological polar surface area (TPSA) is 340 Å². The van der Waals surface area contributed by atoms with Crippen LogP contribution < -0.4 is 5.73 Å². The predicted molar refractivity (Wildman–Crippen MR) is 326 cm³/mol. The number of hydrogen-bond acceptors (Lipinski definition) is 35. The van der Waals surface area contributed by atoms with Crippen LogP contribution in [0.4, 0.5) is 0 Å². The van der Waals surface area contributed by atoms with E-state index in [2.05, 4.69) is 0 Å². The van der Waals surface area contributed by atoms with Crippen molar-refractivity contribution in [3.63, 3.8) is 0 Å². The van der Waals surface area contributed by atoms with E-state index in [0.29, 0.717) is 0 Å². The van der Waals surface area contributed by atoms with Crippen LogP contribution in [0, 0.1) is 0 Å². The molecule has 21 saturated heterocycles. The van der Waals surface area contributed by atoms with Crippen LogP contribution in [0.3, 0.4) is 0 Å². The molecule has 0 aromatic carbocycles. The van der Waals surface area contributed by atoms with E-state index in [1.54, 1.807) is 0 Å². The molecule has 21 fully saturated rings. The summed E-state index contributed by atoms with van der Waals surface area (Å²) in [6, 6.07) is 0. The van der Waals surface area contributed by atoms with E-state index in [9.17, 15) is 0 Å². The van der Waals surface area contributed by atoms with Gasteiger partial charge in [-0.1, -0.05) is 0 Å². The van der Waals surface area contributed by atoms with Gasteiger partial charge in [0.05, 0.1) is 39.6 Å². The molecule has 21 aliphatic heterocycles. The first-order chi connectivity index (χ1) is 47.2. The lowest BCUT2D eigenvalue weighted by molar-refractivity contribution is -0.402. The molecule has 35 heteroatoms. The van der Waals surface area contributed by atoms with Crippen molar-refractivity contribution in [1.29, 1.82) is 0 Å². The van der Waals surface area contributed by atoms with E-state index in [4.69, 9.17) is 167 Å². The van der Waals surface area contributed by atoms with Crippen LogP contribution in [0.1, 0.15) is 0 Å². The average molecular weight is 1410 g/mol. The summed E-state index contributed by atoms with van der Waals surface area (Å²) >= 11 is 0. The van der Waals surface area contributed by atoms with E-state index in [1.807, 2.05) is 0 Å². The third-order valence-corrected chi connectivity index (χ3v) is 19.2. The molecule has 0 saturated carbocycles. The maximum absolute atomic E-state index is 7.02. The third kappa shape index (κ3) is 17.6. The molecular weight excluding hydrogens is 1300 g/mol. The highest BCUT2D eigenvalue weighted by Crippen LogP contribution is 2.43. The number of hydrogen-bond donors (Lipinski definition) is 1. The Labute approximate surface area is 568 Å². The standard InChI is InChI=1S/C62H111NO34/c1-64-22-29-36-43(71-8)51(79-16)58(86-29)94-38-31(24-66-3)88-60(53(81-18)45(38)73-10)96-40-33(26-68-5)90-62(55(83-20)47(40)75-12)97-41-34(27-69-6)89-61(54(82-19)48(41)76-13)95-39-32(25-67-4)87-59(52(80-17)46(39)74-11)93-37-30(23-65-2)85-57(50(78-15)44(37)72-9)91-35-28(21-63)84-56(92-36)49(77-14)42(35)70-7/h28-62H,21-27,63H2,1-20H3/t28-,29-,30-,31-,32-,33-,34-,35-,36-,37-,38-,39-,40-,41-,42+,43+,44+,45+,46+,47+,48+,49-,50-,51-,52-,53-,54-,55-,56-,57-,58-,59-,60-,61-,62-/m1/s1. The van der Waals surface area contributed by atoms with Crippen molar-refractivity contribution < 1.29 is 161 Å². The van der Waals surface area contributed by atoms with Gasteiger partial charge in [0.25, 0.3) is 0 Å². The first kappa shape index (κ1) is 81.3. The summed E-state index contributed by atoms with van der Waals surface area (Å²) in [7, 11) is 30.1. The van der Waals surface area contributed by atoms with Crippen molar-refractivity contribution >= 4 is 0 Å². The molecule has 0 unspecified atom stereocenters. The fraction of sp³-hybridized carbons (Fsp3) is 1.00. The molecule has 35 atom stereocenters. The van der Waals surface area contributed by atoms with Gasteiger partial charge < -0.3 is 167 Å². The van der Waals surface area contributed by atoms with E-state index in [0.717, 1.165) is 0 Å². The molecule has 21 heterocycles. The molecule has 0 aliphatic carbocycles. The first-order valence-corrected chi connectivity index (χ1v) is 32.4. The number of rotatable bonds is 27. The largest absolute Gasteiger partial charge is 0.382 e. The summed E-state index contributed by atoms with van der Waals surface area (Å²) in [4.78, 5) is 0. The SMILES string of the molecule is COC[C@H]1O[C@@H]2O[C@H]3[C@H](OC)[C@@H](OC)[C@@H](O[C@H]4[C@H](OC)[C@@H](OC)[C@@H](O[C@H]5[C@H](OC)[C@@H](OC)[C@@H](O[C@H]6[C@H](OC)[C@@H](OC)[C@@H](O[C@H]7[C@H](OC)[C@@H](OC)[C@@H](O[C@H]8[C@H](OC)[C@@H](OC)[C@@H](O[C@H]1[C@H](OC)[C@H]2OC)O[C@@H]8CN)O[C@@H]7COC)O[C@@H]6COC)O[C@@H]5COC)O[C@@H]4COC)O[C@@H]3COC. The molecule has 2 N–H and O–H groups in total. The van der Waals surface area contributed by atoms with Crippen LogP contribution in [0.2, 0.25) is 0 Å². The molecule has 21 aliphatic rings. The zero-order valence-electron chi connectivity index (χ0n) is 59.6. The number of ether oxygens (including phenoxy) is 34. The normalized spacial score (nSPS) is 46.4. The van der Waals surface area contributed by atoms with E-state index >= 15 is 0 Å². The fourth-order valence-electron chi connectivity index (χ4n) is 14.7. The van der Waals surface area contributed by atoms with Gasteiger partial charge in [0.15, 0.2) is 44.0 Å². The molecule has 14 bridgehead atoms. The summed E-state index contributed by atoms with van der Waals surface area (Å²) in [5.41, 5.74) is 6.62. The Morgan fingerprint density at radius 3 is 0.412 bits per heavy atom. The van der Waals surface area contributed by atoms with E-state index < -0.39 is 215 Å². The third-order valence-electron chi connectivity index (χ3n) is 19.2. The first-order valence-electron chi connectivity index (χ1n) is 32.4. The van der Waals surface area contributed by atoms with Gasteiger partial charge in [-0.05, 0) is 0 Å². The summed E-state index contributed by atoms with van der Waals surface area (Å²) in [6.45, 7) is -0.339. The molecule has 21 rings (SSSR count). The Balaban J connectivity index is 1.23. The zero-order chi connectivity index (χ0) is 70.2. The van der Waals surface area contributed by atoms with Gasteiger partial charge in [-0.15, -0.1) is 0 Å². The Bertz CT molecular complexity index is 2180. The highest BCUT2D eigenvalue weighted by molar-refractivity contribution is 5.04. The summed E-state index contributed by atoms with van der Waals surface area (Å²) in [6.07, 6.45) is -35.9. The van der Waals surface area contributed by atoms with Crippen molar-refractivity contribution in [2.45, 2.75) is 215 Å².